The number of nitrogens with zero attached hydrogens (tertiary/aromatic N) is 1. The zero-order valence-electron chi connectivity index (χ0n) is 21.1. The van der Waals surface area contributed by atoms with Gasteiger partial charge in [-0.05, 0) is 44.2 Å². The summed E-state index contributed by atoms with van der Waals surface area (Å²) in [6.07, 6.45) is 21.8. The Bertz CT molecular complexity index is 729. The molecule has 0 spiro atoms. The Kier molecular flexibility index (Phi) is 18.8. The molecule has 1 unspecified atom stereocenters. The Balaban J connectivity index is 0.000000521. The number of hydrogen-bond donors (Lipinski definition) is 3. The second kappa shape index (κ2) is 21.4. The van der Waals surface area contributed by atoms with Crippen molar-refractivity contribution in [2.45, 2.75) is 103 Å². The average molecular weight is 475 g/mol. The van der Waals surface area contributed by atoms with Gasteiger partial charge in [-0.1, -0.05) is 82.6 Å². The van der Waals surface area contributed by atoms with E-state index in [1.54, 1.807) is 6.33 Å². The molecule has 0 saturated heterocycles. The van der Waals surface area contributed by atoms with E-state index < -0.39 is 6.10 Å². The monoisotopic (exact) mass is 474 g/mol. The molecule has 2 aromatic rings. The van der Waals surface area contributed by atoms with E-state index in [4.69, 9.17) is 14.9 Å². The van der Waals surface area contributed by atoms with Crippen LogP contribution in [0.4, 0.5) is 0 Å². The summed E-state index contributed by atoms with van der Waals surface area (Å²) in [4.78, 5) is 18.4. The minimum atomic E-state index is -0.960. The molecule has 0 bridgehead atoms. The van der Waals surface area contributed by atoms with Crippen LogP contribution in [0, 0.1) is 0 Å². The van der Waals surface area contributed by atoms with Gasteiger partial charge in [0.05, 0.1) is 24.0 Å². The maximum Gasteiger partial charge on any atom is 0.305 e. The van der Waals surface area contributed by atoms with Crippen LogP contribution in [0.2, 0.25) is 0 Å². The van der Waals surface area contributed by atoms with Crippen LogP contribution in [0.15, 0.2) is 42.7 Å². The summed E-state index contributed by atoms with van der Waals surface area (Å²) in [6, 6.07) is 7.94. The van der Waals surface area contributed by atoms with Crippen LogP contribution in [0.1, 0.15) is 96.8 Å². The summed E-state index contributed by atoms with van der Waals surface area (Å²) in [5.41, 5.74) is 2.12. The first-order chi connectivity index (χ1) is 16.7. The number of ether oxygens (including phenoxy) is 1. The lowest BCUT2D eigenvalue weighted by Crippen LogP contribution is -2.21. The Morgan fingerprint density at radius 1 is 0.971 bits per heavy atom. The quantitative estimate of drug-likeness (QED) is 0.130. The first-order valence-corrected chi connectivity index (χ1v) is 13.1. The molecular formula is C28H46N2O4. The number of H-pyrrole nitrogens is 1. The van der Waals surface area contributed by atoms with Gasteiger partial charge >= 0.3 is 5.97 Å². The van der Waals surface area contributed by atoms with Crippen molar-refractivity contribution in [3.63, 3.8) is 0 Å². The second-order valence-electron chi connectivity index (χ2n) is 8.77. The van der Waals surface area contributed by atoms with Crippen molar-refractivity contribution in [1.82, 2.24) is 9.97 Å². The van der Waals surface area contributed by atoms with Crippen molar-refractivity contribution in [3.8, 4) is 0 Å². The van der Waals surface area contributed by atoms with Gasteiger partial charge in [0.25, 0.3) is 0 Å². The van der Waals surface area contributed by atoms with Crippen LogP contribution in [0.3, 0.4) is 0 Å². The molecule has 0 aliphatic rings. The molecule has 1 heterocycles. The number of rotatable bonds is 18. The van der Waals surface area contributed by atoms with Crippen LogP contribution in [-0.4, -0.2) is 45.5 Å². The Morgan fingerprint density at radius 3 is 2.24 bits per heavy atom. The van der Waals surface area contributed by atoms with Gasteiger partial charge in [0.2, 0.25) is 0 Å². The average Bonchev–Trinajstić information content (AvgIpc) is 3.34. The third-order valence-corrected chi connectivity index (χ3v) is 5.62. The van der Waals surface area contributed by atoms with E-state index >= 15 is 0 Å². The molecule has 6 nitrogen and oxygen atoms in total. The summed E-state index contributed by atoms with van der Waals surface area (Å²) in [5.74, 6) is -0.287. The Hall–Kier alpha value is -2.18. The molecule has 192 valence electrons. The standard InChI is InChI=1S/C21H40O4.C7H6N2/c1-2-3-4-5-6-7-8-9-10-11-12-13-14-15-16-17-21(24)25-19-20(23)18-22;1-2-4-7-6(3-1)8-5-9-7/h9-10,20,22-23H,2-8,11-19H2,1H3;1-5H,(H,8,9)/b10-9-;. The number of unbranched alkanes of at least 4 members (excludes halogenated alkanes) is 11. The number of benzene rings is 1. The number of aromatic nitrogens is 2. The normalized spacial score (nSPS) is 12.0. The van der Waals surface area contributed by atoms with Gasteiger partial charge in [-0.25, -0.2) is 4.98 Å². The largest absolute Gasteiger partial charge is 0.463 e. The lowest BCUT2D eigenvalue weighted by molar-refractivity contribution is -0.147. The fourth-order valence-corrected chi connectivity index (χ4v) is 3.53. The number of aromatic amines is 1. The predicted molar refractivity (Wildman–Crippen MR) is 140 cm³/mol. The molecule has 1 aromatic carbocycles. The van der Waals surface area contributed by atoms with Crippen LogP contribution >= 0.6 is 0 Å². The summed E-state index contributed by atoms with van der Waals surface area (Å²) < 4.78 is 4.86. The third-order valence-electron chi connectivity index (χ3n) is 5.62. The molecule has 0 aliphatic heterocycles. The number of carbonyl (C=O) groups excluding carboxylic acids is 1. The number of esters is 1. The predicted octanol–water partition coefficient (Wildman–Crippen LogP) is 6.48. The van der Waals surface area contributed by atoms with Crippen molar-refractivity contribution in [2.24, 2.45) is 0 Å². The van der Waals surface area contributed by atoms with Crippen molar-refractivity contribution in [2.75, 3.05) is 13.2 Å². The van der Waals surface area contributed by atoms with E-state index in [9.17, 15) is 4.79 Å². The van der Waals surface area contributed by atoms with Crippen molar-refractivity contribution in [1.29, 1.82) is 0 Å². The fourth-order valence-electron chi connectivity index (χ4n) is 3.53. The molecule has 2 rings (SSSR count). The van der Waals surface area contributed by atoms with Crippen LogP contribution in [0.25, 0.3) is 11.0 Å². The van der Waals surface area contributed by atoms with Crippen molar-refractivity contribution in [3.05, 3.63) is 42.7 Å². The second-order valence-corrected chi connectivity index (χ2v) is 8.77. The fraction of sp³-hybridized carbons (Fsp3) is 0.643. The molecule has 3 N–H and O–H groups in total. The first-order valence-electron chi connectivity index (χ1n) is 13.1. The summed E-state index contributed by atoms with van der Waals surface area (Å²) in [5, 5.41) is 17.7. The molecule has 0 amide bonds. The lowest BCUT2D eigenvalue weighted by Gasteiger charge is -2.08. The first kappa shape index (κ1) is 29.9. The van der Waals surface area contributed by atoms with Crippen molar-refractivity contribution < 1.29 is 19.7 Å². The third kappa shape index (κ3) is 16.4. The van der Waals surface area contributed by atoms with E-state index in [0.29, 0.717) is 6.42 Å². The summed E-state index contributed by atoms with van der Waals surface area (Å²) >= 11 is 0. The minimum absolute atomic E-state index is 0.111. The highest BCUT2D eigenvalue weighted by Crippen LogP contribution is 2.10. The van der Waals surface area contributed by atoms with Crippen LogP contribution in [-0.2, 0) is 9.53 Å². The molecule has 0 saturated carbocycles. The van der Waals surface area contributed by atoms with E-state index in [0.717, 1.165) is 36.7 Å². The zero-order valence-corrected chi connectivity index (χ0v) is 21.1. The highest BCUT2D eigenvalue weighted by atomic mass is 16.5. The maximum atomic E-state index is 11.4. The minimum Gasteiger partial charge on any atom is -0.463 e. The number of allylic oxidation sites excluding steroid dienone is 2. The molecule has 1 aromatic heterocycles. The van der Waals surface area contributed by atoms with E-state index in [1.807, 2.05) is 24.3 Å². The Labute approximate surface area is 205 Å². The number of aliphatic hydroxyl groups excluding tert-OH is 2. The summed E-state index contributed by atoms with van der Waals surface area (Å²) in [7, 11) is 0. The number of aliphatic hydroxyl groups is 2. The maximum absolute atomic E-state index is 11.4. The van der Waals surface area contributed by atoms with Gasteiger partial charge < -0.3 is 19.9 Å². The van der Waals surface area contributed by atoms with Gasteiger partial charge in [-0.15, -0.1) is 0 Å². The van der Waals surface area contributed by atoms with Crippen molar-refractivity contribution >= 4 is 17.0 Å². The number of para-hydroxylation sites is 2. The highest BCUT2D eigenvalue weighted by molar-refractivity contribution is 5.73. The highest BCUT2D eigenvalue weighted by Gasteiger charge is 2.07. The number of hydrogen-bond acceptors (Lipinski definition) is 5. The van der Waals surface area contributed by atoms with E-state index in [2.05, 4.69) is 29.0 Å². The van der Waals surface area contributed by atoms with E-state index in [-0.39, 0.29) is 19.2 Å². The topological polar surface area (TPSA) is 95.4 Å². The zero-order chi connectivity index (χ0) is 24.7. The molecule has 0 aliphatic carbocycles. The number of nitrogens with one attached hydrogen (secondary N) is 1. The molecule has 1 atom stereocenters. The SMILES string of the molecule is CCCCCCCC/C=C\CCCCCCCC(=O)OCC(O)CO.c1ccc2[nH]cnc2c1. The van der Waals surface area contributed by atoms with Crippen LogP contribution in [0.5, 0.6) is 0 Å². The summed E-state index contributed by atoms with van der Waals surface area (Å²) in [6.45, 7) is 1.77. The molecule has 34 heavy (non-hydrogen) atoms. The van der Waals surface area contributed by atoms with Gasteiger partial charge in [0.15, 0.2) is 0 Å². The molecular weight excluding hydrogens is 428 g/mol. The number of imidazole rings is 1. The lowest BCUT2D eigenvalue weighted by atomic mass is 10.1. The molecule has 0 radical (unpaired) electrons. The van der Waals surface area contributed by atoms with E-state index in [1.165, 1.54) is 57.8 Å². The molecule has 0 fully saturated rings. The number of carbonyl (C=O) groups is 1. The van der Waals surface area contributed by atoms with Crippen LogP contribution < -0.4 is 0 Å². The number of fused-ring (bicyclic) bond motifs is 1. The Morgan fingerprint density at radius 2 is 1.59 bits per heavy atom. The van der Waals surface area contributed by atoms with Gasteiger partial charge in [0.1, 0.15) is 12.7 Å². The van der Waals surface area contributed by atoms with Gasteiger partial charge in [-0.3, -0.25) is 4.79 Å². The van der Waals surface area contributed by atoms with Gasteiger partial charge in [0, 0.05) is 6.42 Å². The molecule has 6 heteroatoms. The smallest absolute Gasteiger partial charge is 0.305 e. The van der Waals surface area contributed by atoms with Gasteiger partial charge in [-0.2, -0.15) is 0 Å².